The van der Waals surface area contributed by atoms with E-state index in [0.717, 1.165) is 26.0 Å². The molecular formula is C11H23NO2. The fraction of sp³-hybridized carbons (Fsp3) is 0.818. The number of nitrogens with one attached hydrogen (secondary N) is 1. The highest BCUT2D eigenvalue weighted by molar-refractivity contribution is 4.74. The van der Waals surface area contributed by atoms with Gasteiger partial charge >= 0.3 is 0 Å². The van der Waals surface area contributed by atoms with Gasteiger partial charge in [-0.1, -0.05) is 6.08 Å². The van der Waals surface area contributed by atoms with Crippen molar-refractivity contribution in [2.75, 3.05) is 33.5 Å². The maximum atomic E-state index is 5.33. The van der Waals surface area contributed by atoms with Gasteiger partial charge in [0.05, 0.1) is 13.2 Å². The molecule has 3 heteroatoms. The molecule has 0 aliphatic rings. The summed E-state index contributed by atoms with van der Waals surface area (Å²) < 4.78 is 10.2. The van der Waals surface area contributed by atoms with E-state index < -0.39 is 0 Å². The summed E-state index contributed by atoms with van der Waals surface area (Å²) in [6.07, 6.45) is 4.00. The monoisotopic (exact) mass is 201 g/mol. The van der Waals surface area contributed by atoms with Gasteiger partial charge in [0.25, 0.3) is 0 Å². The van der Waals surface area contributed by atoms with Gasteiger partial charge in [-0.15, -0.1) is 6.58 Å². The van der Waals surface area contributed by atoms with E-state index in [1.54, 1.807) is 7.11 Å². The molecule has 14 heavy (non-hydrogen) atoms. The lowest BCUT2D eigenvalue weighted by Gasteiger charge is -2.11. The molecule has 3 nitrogen and oxygen atoms in total. The fourth-order valence-electron chi connectivity index (χ4n) is 1.10. The Morgan fingerprint density at radius 1 is 1.36 bits per heavy atom. The Bertz CT molecular complexity index is 128. The topological polar surface area (TPSA) is 30.5 Å². The van der Waals surface area contributed by atoms with Crippen molar-refractivity contribution in [2.45, 2.75) is 25.8 Å². The van der Waals surface area contributed by atoms with Crippen LogP contribution in [-0.2, 0) is 9.47 Å². The first-order chi connectivity index (χ1) is 6.81. The van der Waals surface area contributed by atoms with Crippen molar-refractivity contribution < 1.29 is 9.47 Å². The fourth-order valence-corrected chi connectivity index (χ4v) is 1.10. The molecule has 0 aromatic heterocycles. The molecule has 0 bridgehead atoms. The van der Waals surface area contributed by atoms with Gasteiger partial charge in [-0.25, -0.2) is 0 Å². The standard InChI is InChI=1S/C11H23NO2/c1-4-6-11(2)12-7-5-8-14-10-9-13-3/h4,11-12H,1,5-10H2,2-3H3. The summed E-state index contributed by atoms with van der Waals surface area (Å²) >= 11 is 0. The second-order valence-electron chi connectivity index (χ2n) is 3.34. The molecular weight excluding hydrogens is 178 g/mol. The number of ether oxygens (including phenoxy) is 2. The predicted molar refractivity (Wildman–Crippen MR) is 59.6 cm³/mol. The number of rotatable bonds is 10. The summed E-state index contributed by atoms with van der Waals surface area (Å²) in [5.41, 5.74) is 0. The van der Waals surface area contributed by atoms with Crippen molar-refractivity contribution in [3.8, 4) is 0 Å². The molecule has 0 aliphatic heterocycles. The van der Waals surface area contributed by atoms with Gasteiger partial charge < -0.3 is 14.8 Å². The highest BCUT2D eigenvalue weighted by Gasteiger charge is 1.96. The van der Waals surface area contributed by atoms with Crippen LogP contribution in [0.25, 0.3) is 0 Å². The molecule has 1 unspecified atom stereocenters. The van der Waals surface area contributed by atoms with Gasteiger partial charge in [0, 0.05) is 19.8 Å². The van der Waals surface area contributed by atoms with Crippen LogP contribution in [0.1, 0.15) is 19.8 Å². The van der Waals surface area contributed by atoms with E-state index >= 15 is 0 Å². The largest absolute Gasteiger partial charge is 0.382 e. The Labute approximate surface area is 87.5 Å². The summed E-state index contributed by atoms with van der Waals surface area (Å²) in [6.45, 7) is 9.04. The summed E-state index contributed by atoms with van der Waals surface area (Å²) in [6, 6.07) is 0.520. The predicted octanol–water partition coefficient (Wildman–Crippen LogP) is 1.59. The third-order valence-electron chi connectivity index (χ3n) is 1.91. The van der Waals surface area contributed by atoms with E-state index in [4.69, 9.17) is 9.47 Å². The van der Waals surface area contributed by atoms with E-state index in [2.05, 4.69) is 18.8 Å². The van der Waals surface area contributed by atoms with Crippen molar-refractivity contribution in [1.29, 1.82) is 0 Å². The Balaban J connectivity index is 3.01. The van der Waals surface area contributed by atoms with Crippen molar-refractivity contribution in [1.82, 2.24) is 5.32 Å². The normalized spacial score (nSPS) is 12.7. The maximum Gasteiger partial charge on any atom is 0.0700 e. The van der Waals surface area contributed by atoms with Gasteiger partial charge in [0.15, 0.2) is 0 Å². The van der Waals surface area contributed by atoms with Crippen molar-refractivity contribution in [3.05, 3.63) is 12.7 Å². The molecule has 0 saturated carbocycles. The SMILES string of the molecule is C=CCC(C)NCCCOCCOC. The molecule has 0 fully saturated rings. The van der Waals surface area contributed by atoms with Crippen LogP contribution in [-0.4, -0.2) is 39.5 Å². The van der Waals surface area contributed by atoms with Crippen LogP contribution >= 0.6 is 0 Å². The highest BCUT2D eigenvalue weighted by Crippen LogP contribution is 1.90. The average Bonchev–Trinajstić information content (AvgIpc) is 2.17. The molecule has 1 N–H and O–H groups in total. The molecule has 0 saturated heterocycles. The Kier molecular flexibility index (Phi) is 10.4. The quantitative estimate of drug-likeness (QED) is 0.430. The molecule has 0 rings (SSSR count). The second-order valence-corrected chi connectivity index (χ2v) is 3.34. The van der Waals surface area contributed by atoms with Crippen LogP contribution in [0.5, 0.6) is 0 Å². The molecule has 0 aromatic carbocycles. The Morgan fingerprint density at radius 3 is 2.79 bits per heavy atom. The van der Waals surface area contributed by atoms with Gasteiger partial charge in [-0.3, -0.25) is 0 Å². The molecule has 1 atom stereocenters. The van der Waals surface area contributed by atoms with Gasteiger partial charge in [-0.05, 0) is 26.3 Å². The average molecular weight is 201 g/mol. The number of hydrogen-bond donors (Lipinski definition) is 1. The van der Waals surface area contributed by atoms with Crippen molar-refractivity contribution in [2.24, 2.45) is 0 Å². The van der Waals surface area contributed by atoms with Crippen LogP contribution in [0, 0.1) is 0 Å². The van der Waals surface area contributed by atoms with Gasteiger partial charge in [0.2, 0.25) is 0 Å². The van der Waals surface area contributed by atoms with Crippen LogP contribution in [0.3, 0.4) is 0 Å². The van der Waals surface area contributed by atoms with Crippen LogP contribution < -0.4 is 5.32 Å². The van der Waals surface area contributed by atoms with E-state index in [9.17, 15) is 0 Å². The highest BCUT2D eigenvalue weighted by atomic mass is 16.5. The maximum absolute atomic E-state index is 5.33. The van der Waals surface area contributed by atoms with E-state index in [1.165, 1.54) is 0 Å². The smallest absolute Gasteiger partial charge is 0.0700 e. The zero-order valence-electron chi connectivity index (χ0n) is 9.42. The molecule has 0 radical (unpaired) electrons. The van der Waals surface area contributed by atoms with Gasteiger partial charge in [0.1, 0.15) is 0 Å². The van der Waals surface area contributed by atoms with Crippen LogP contribution in [0.4, 0.5) is 0 Å². The minimum absolute atomic E-state index is 0.520. The second kappa shape index (κ2) is 10.7. The van der Waals surface area contributed by atoms with E-state index in [1.807, 2.05) is 6.08 Å². The molecule has 0 spiro atoms. The first kappa shape index (κ1) is 13.6. The third-order valence-corrected chi connectivity index (χ3v) is 1.91. The van der Waals surface area contributed by atoms with Gasteiger partial charge in [-0.2, -0.15) is 0 Å². The first-order valence-corrected chi connectivity index (χ1v) is 5.22. The lowest BCUT2D eigenvalue weighted by molar-refractivity contribution is 0.0693. The molecule has 0 heterocycles. The third kappa shape index (κ3) is 9.71. The summed E-state index contributed by atoms with van der Waals surface area (Å²) in [5.74, 6) is 0. The first-order valence-electron chi connectivity index (χ1n) is 5.22. The summed E-state index contributed by atoms with van der Waals surface area (Å²) in [7, 11) is 1.68. The molecule has 84 valence electrons. The van der Waals surface area contributed by atoms with Crippen LogP contribution in [0.2, 0.25) is 0 Å². The van der Waals surface area contributed by atoms with Crippen molar-refractivity contribution in [3.63, 3.8) is 0 Å². The van der Waals surface area contributed by atoms with Crippen LogP contribution in [0.15, 0.2) is 12.7 Å². The summed E-state index contributed by atoms with van der Waals surface area (Å²) in [5, 5.41) is 3.39. The Hall–Kier alpha value is -0.380. The molecule has 0 amide bonds. The lowest BCUT2D eigenvalue weighted by atomic mass is 10.2. The minimum Gasteiger partial charge on any atom is -0.382 e. The molecule has 0 aromatic rings. The Morgan fingerprint density at radius 2 is 2.14 bits per heavy atom. The number of methoxy groups -OCH3 is 1. The van der Waals surface area contributed by atoms with E-state index in [-0.39, 0.29) is 0 Å². The number of hydrogen-bond acceptors (Lipinski definition) is 3. The minimum atomic E-state index is 0.520. The van der Waals surface area contributed by atoms with Crippen molar-refractivity contribution >= 4 is 0 Å². The molecule has 0 aliphatic carbocycles. The zero-order chi connectivity index (χ0) is 10.6. The lowest BCUT2D eigenvalue weighted by Crippen LogP contribution is -2.27. The zero-order valence-corrected chi connectivity index (χ0v) is 9.42. The van der Waals surface area contributed by atoms with E-state index in [0.29, 0.717) is 19.3 Å². The summed E-state index contributed by atoms with van der Waals surface area (Å²) in [4.78, 5) is 0.